The first kappa shape index (κ1) is 14.6. The van der Waals surface area contributed by atoms with Crippen LogP contribution in [0.4, 0.5) is 10.1 Å². The van der Waals surface area contributed by atoms with Crippen molar-refractivity contribution >= 4 is 11.6 Å². The van der Waals surface area contributed by atoms with Crippen LogP contribution in [0.2, 0.25) is 0 Å². The monoisotopic (exact) mass is 293 g/mol. The summed E-state index contributed by atoms with van der Waals surface area (Å²) in [6.45, 7) is 3.56. The molecule has 0 aliphatic heterocycles. The number of oxazole rings is 1. The highest BCUT2D eigenvalue weighted by atomic mass is 19.1. The minimum Gasteiger partial charge on any atom is -0.444 e. The van der Waals surface area contributed by atoms with Gasteiger partial charge in [0.05, 0.1) is 17.2 Å². The molecule has 0 saturated carbocycles. The van der Waals surface area contributed by atoms with Crippen LogP contribution in [0.15, 0.2) is 22.6 Å². The maximum absolute atomic E-state index is 13.2. The molecule has 0 aliphatic rings. The summed E-state index contributed by atoms with van der Waals surface area (Å²) in [7, 11) is 0. The van der Waals surface area contributed by atoms with Gasteiger partial charge in [-0.1, -0.05) is 0 Å². The largest absolute Gasteiger partial charge is 0.444 e. The number of halogens is 1. The zero-order valence-corrected chi connectivity index (χ0v) is 11.3. The van der Waals surface area contributed by atoms with Crippen LogP contribution in [-0.2, 0) is 6.54 Å². The normalized spacial score (nSPS) is 10.4. The zero-order valence-electron chi connectivity index (χ0n) is 11.3. The van der Waals surface area contributed by atoms with Gasteiger partial charge in [-0.15, -0.1) is 0 Å². The molecule has 2 aromatic rings. The molecule has 1 aromatic heterocycles. The lowest BCUT2D eigenvalue weighted by molar-refractivity contribution is -0.387. The second kappa shape index (κ2) is 5.70. The van der Waals surface area contributed by atoms with Gasteiger partial charge in [0.15, 0.2) is 0 Å². The van der Waals surface area contributed by atoms with Gasteiger partial charge < -0.3 is 9.73 Å². The summed E-state index contributed by atoms with van der Waals surface area (Å²) in [4.78, 5) is 25.7. The lowest BCUT2D eigenvalue weighted by Gasteiger charge is -2.03. The second-order valence-electron chi connectivity index (χ2n) is 4.36. The van der Waals surface area contributed by atoms with Crippen LogP contribution in [0.25, 0.3) is 0 Å². The Kier molecular flexibility index (Phi) is 3.97. The Morgan fingerprint density at radius 3 is 2.76 bits per heavy atom. The predicted molar refractivity (Wildman–Crippen MR) is 70.2 cm³/mol. The first-order valence-electron chi connectivity index (χ1n) is 6.03. The van der Waals surface area contributed by atoms with Crippen molar-refractivity contribution in [3.8, 4) is 0 Å². The van der Waals surface area contributed by atoms with Crippen molar-refractivity contribution < 1.29 is 18.5 Å². The number of nitrogens with one attached hydrogen (secondary N) is 1. The van der Waals surface area contributed by atoms with E-state index in [1.807, 2.05) is 0 Å². The van der Waals surface area contributed by atoms with Crippen LogP contribution in [0.3, 0.4) is 0 Å². The SMILES string of the molecule is Cc1nc(CNC(=O)c2ccc(F)c([N+](=O)[O-])c2)oc1C. The van der Waals surface area contributed by atoms with Crippen molar-refractivity contribution in [2.75, 3.05) is 0 Å². The minimum absolute atomic E-state index is 0.0110. The molecule has 0 radical (unpaired) electrons. The maximum Gasteiger partial charge on any atom is 0.305 e. The third-order valence-electron chi connectivity index (χ3n) is 2.88. The Hall–Kier alpha value is -2.77. The molecule has 110 valence electrons. The van der Waals surface area contributed by atoms with E-state index in [1.54, 1.807) is 13.8 Å². The number of aryl methyl sites for hydroxylation is 2. The number of hydrogen-bond donors (Lipinski definition) is 1. The van der Waals surface area contributed by atoms with Crippen LogP contribution >= 0.6 is 0 Å². The first-order chi connectivity index (χ1) is 9.88. The number of nitrogens with zero attached hydrogens (tertiary/aromatic N) is 2. The smallest absolute Gasteiger partial charge is 0.305 e. The van der Waals surface area contributed by atoms with E-state index in [2.05, 4.69) is 10.3 Å². The molecule has 0 spiro atoms. The van der Waals surface area contributed by atoms with Gasteiger partial charge in [-0.25, -0.2) is 4.98 Å². The predicted octanol–water partition coefficient (Wildman–Crippen LogP) is 2.27. The Morgan fingerprint density at radius 2 is 2.19 bits per heavy atom. The van der Waals surface area contributed by atoms with Gasteiger partial charge in [0, 0.05) is 11.6 Å². The topological polar surface area (TPSA) is 98.3 Å². The van der Waals surface area contributed by atoms with Crippen molar-refractivity contribution in [2.45, 2.75) is 20.4 Å². The maximum atomic E-state index is 13.2. The number of carbonyl (C=O) groups is 1. The molecule has 21 heavy (non-hydrogen) atoms. The van der Waals surface area contributed by atoms with E-state index < -0.39 is 22.3 Å². The number of nitro benzene ring substituents is 1. The number of carbonyl (C=O) groups excluding carboxylic acids is 1. The quantitative estimate of drug-likeness (QED) is 0.688. The molecule has 2 rings (SSSR count). The Bertz CT molecular complexity index is 692. The van der Waals surface area contributed by atoms with E-state index in [1.165, 1.54) is 6.07 Å². The van der Waals surface area contributed by atoms with E-state index in [0.29, 0.717) is 11.7 Å². The van der Waals surface area contributed by atoms with Crippen LogP contribution in [0.5, 0.6) is 0 Å². The molecule has 1 N–H and O–H groups in total. The van der Waals surface area contributed by atoms with Gasteiger partial charge in [-0.3, -0.25) is 14.9 Å². The average molecular weight is 293 g/mol. The number of rotatable bonds is 4. The third-order valence-corrected chi connectivity index (χ3v) is 2.88. The second-order valence-corrected chi connectivity index (χ2v) is 4.36. The lowest BCUT2D eigenvalue weighted by atomic mass is 10.2. The fraction of sp³-hybridized carbons (Fsp3) is 0.231. The van der Waals surface area contributed by atoms with Crippen molar-refractivity contribution in [2.24, 2.45) is 0 Å². The van der Waals surface area contributed by atoms with E-state index in [0.717, 1.165) is 17.8 Å². The number of benzene rings is 1. The molecular formula is C13H12FN3O4. The Balaban J connectivity index is 2.10. The van der Waals surface area contributed by atoms with Crippen molar-refractivity contribution in [3.05, 3.63) is 57.0 Å². The average Bonchev–Trinajstić information content (AvgIpc) is 2.75. The highest BCUT2D eigenvalue weighted by Crippen LogP contribution is 2.18. The summed E-state index contributed by atoms with van der Waals surface area (Å²) in [5.74, 6) is -0.589. The summed E-state index contributed by atoms with van der Waals surface area (Å²) in [6, 6.07) is 2.94. The number of hydrogen-bond acceptors (Lipinski definition) is 5. The Labute approximate surface area is 118 Å². The molecule has 0 bridgehead atoms. The van der Waals surface area contributed by atoms with Gasteiger partial charge in [0.1, 0.15) is 5.76 Å². The van der Waals surface area contributed by atoms with Crippen LogP contribution in [0.1, 0.15) is 27.7 Å². The van der Waals surface area contributed by atoms with Gasteiger partial charge >= 0.3 is 5.69 Å². The van der Waals surface area contributed by atoms with E-state index in [4.69, 9.17) is 4.42 Å². The summed E-state index contributed by atoms with van der Waals surface area (Å²) in [5.41, 5.74) is -0.0368. The molecule has 1 heterocycles. The van der Waals surface area contributed by atoms with Gasteiger partial charge in [-0.2, -0.15) is 4.39 Å². The summed E-state index contributed by atoms with van der Waals surface area (Å²) in [6.07, 6.45) is 0. The molecule has 1 aromatic carbocycles. The lowest BCUT2D eigenvalue weighted by Crippen LogP contribution is -2.23. The molecule has 8 heteroatoms. The summed E-state index contributed by atoms with van der Waals surface area (Å²) >= 11 is 0. The molecule has 0 fully saturated rings. The number of amides is 1. The molecule has 0 aliphatic carbocycles. The van der Waals surface area contributed by atoms with Crippen molar-refractivity contribution in [1.29, 1.82) is 0 Å². The summed E-state index contributed by atoms with van der Waals surface area (Å²) in [5, 5.41) is 13.1. The van der Waals surface area contributed by atoms with Crippen LogP contribution in [-0.4, -0.2) is 15.8 Å². The highest BCUT2D eigenvalue weighted by molar-refractivity contribution is 5.94. The van der Waals surface area contributed by atoms with Gasteiger partial charge in [0.2, 0.25) is 11.7 Å². The third kappa shape index (κ3) is 3.22. The molecule has 0 atom stereocenters. The summed E-state index contributed by atoms with van der Waals surface area (Å²) < 4.78 is 18.5. The van der Waals surface area contributed by atoms with Gasteiger partial charge in [0.25, 0.3) is 5.91 Å². The molecule has 0 saturated heterocycles. The van der Waals surface area contributed by atoms with Crippen molar-refractivity contribution in [3.63, 3.8) is 0 Å². The zero-order chi connectivity index (χ0) is 15.6. The van der Waals surface area contributed by atoms with Crippen LogP contribution in [0, 0.1) is 29.8 Å². The fourth-order valence-electron chi connectivity index (χ4n) is 1.67. The van der Waals surface area contributed by atoms with Gasteiger partial charge in [-0.05, 0) is 26.0 Å². The van der Waals surface area contributed by atoms with Crippen LogP contribution < -0.4 is 5.32 Å². The Morgan fingerprint density at radius 1 is 1.48 bits per heavy atom. The first-order valence-corrected chi connectivity index (χ1v) is 6.03. The fourth-order valence-corrected chi connectivity index (χ4v) is 1.67. The standard InChI is InChI=1S/C13H12FN3O4/c1-7-8(2)21-12(16-7)6-15-13(18)9-3-4-10(14)11(5-9)17(19)20/h3-5H,6H2,1-2H3,(H,15,18). The van der Waals surface area contributed by atoms with E-state index in [-0.39, 0.29) is 12.1 Å². The highest BCUT2D eigenvalue weighted by Gasteiger charge is 2.17. The number of aromatic nitrogens is 1. The molecular weight excluding hydrogens is 281 g/mol. The van der Waals surface area contributed by atoms with E-state index >= 15 is 0 Å². The van der Waals surface area contributed by atoms with E-state index in [9.17, 15) is 19.3 Å². The molecule has 0 unspecified atom stereocenters. The minimum atomic E-state index is -0.990. The van der Waals surface area contributed by atoms with Crippen molar-refractivity contribution in [1.82, 2.24) is 10.3 Å². The number of nitro groups is 1. The molecule has 7 nitrogen and oxygen atoms in total. The molecule has 1 amide bonds.